The van der Waals surface area contributed by atoms with E-state index in [9.17, 15) is 4.79 Å². The molecule has 4 nitrogen and oxygen atoms in total. The van der Waals surface area contributed by atoms with Crippen LogP contribution in [0.3, 0.4) is 0 Å². The zero-order valence-electron chi connectivity index (χ0n) is 6.25. The van der Waals surface area contributed by atoms with Gasteiger partial charge in [-0.1, -0.05) is 0 Å². The summed E-state index contributed by atoms with van der Waals surface area (Å²) in [5.74, 6) is 0.0175. The third-order valence-corrected chi connectivity index (χ3v) is 2.48. The van der Waals surface area contributed by atoms with Crippen LogP contribution < -0.4 is 11.2 Å². The lowest BCUT2D eigenvalue weighted by Gasteiger charge is -2.25. The number of nitrogens with one attached hydrogen (secondary N) is 1. The largest absolute Gasteiger partial charge is 0.328 e. The molecule has 2 rings (SSSR count). The molecule has 11 heavy (non-hydrogen) atoms. The number of fused-ring (bicyclic) bond motifs is 1. The summed E-state index contributed by atoms with van der Waals surface area (Å²) in [6.45, 7) is 0. The molecule has 3 unspecified atom stereocenters. The minimum absolute atomic E-state index is 0.00477. The highest BCUT2D eigenvalue weighted by Gasteiger charge is 2.40. The van der Waals surface area contributed by atoms with Crippen molar-refractivity contribution in [2.75, 3.05) is 0 Å². The van der Waals surface area contributed by atoms with Gasteiger partial charge in [-0.2, -0.15) is 0 Å². The number of hydrogen-bond donors (Lipinski definition) is 2. The molecule has 0 aromatic heterocycles. The van der Waals surface area contributed by atoms with Gasteiger partial charge in [0, 0.05) is 6.04 Å². The Labute approximate surface area is 65.0 Å². The predicted molar refractivity (Wildman–Crippen MR) is 38.3 cm³/mol. The highest BCUT2D eigenvalue weighted by molar-refractivity contribution is 5.79. The highest BCUT2D eigenvalue weighted by Crippen LogP contribution is 2.29. The van der Waals surface area contributed by atoms with Gasteiger partial charge < -0.3 is 5.73 Å². The molecule has 3 N–H and O–H groups in total. The maximum absolute atomic E-state index is 11.1. The number of nitrogens with two attached hydrogens (primary N) is 1. The van der Waals surface area contributed by atoms with Crippen molar-refractivity contribution in [3.63, 3.8) is 0 Å². The van der Waals surface area contributed by atoms with Crippen LogP contribution in [0.25, 0.3) is 0 Å². The number of hydroxylamine groups is 1. The summed E-state index contributed by atoms with van der Waals surface area (Å²) in [7, 11) is 0. The molecular weight excluding hydrogens is 144 g/mol. The standard InChI is InChI=1S/C7H12N2O2/c8-4-1-2-6-5(3-4)7(10)9-11-6/h4-6H,1-3,8H2,(H,9,10). The Balaban J connectivity index is 2.07. The Morgan fingerprint density at radius 3 is 3.18 bits per heavy atom. The number of carbonyl (C=O) groups is 1. The quantitative estimate of drug-likeness (QED) is 0.499. The summed E-state index contributed by atoms with van der Waals surface area (Å²) in [6, 6.07) is 0.184. The molecule has 3 atom stereocenters. The molecular formula is C7H12N2O2. The summed E-state index contributed by atoms with van der Waals surface area (Å²) < 4.78 is 0. The second-order valence-electron chi connectivity index (χ2n) is 3.30. The molecule has 0 radical (unpaired) electrons. The first-order valence-electron chi connectivity index (χ1n) is 3.98. The highest BCUT2D eigenvalue weighted by atomic mass is 16.7. The van der Waals surface area contributed by atoms with Crippen LogP contribution in [-0.4, -0.2) is 18.1 Å². The zero-order valence-corrected chi connectivity index (χ0v) is 6.25. The van der Waals surface area contributed by atoms with Crippen molar-refractivity contribution in [3.05, 3.63) is 0 Å². The van der Waals surface area contributed by atoms with Gasteiger partial charge in [-0.25, -0.2) is 5.48 Å². The molecule has 1 aliphatic heterocycles. The van der Waals surface area contributed by atoms with Crippen LogP contribution in [0.5, 0.6) is 0 Å². The van der Waals surface area contributed by atoms with Crippen molar-refractivity contribution in [2.45, 2.75) is 31.4 Å². The molecule has 1 saturated heterocycles. The van der Waals surface area contributed by atoms with E-state index in [4.69, 9.17) is 10.6 Å². The van der Waals surface area contributed by atoms with Crippen LogP contribution in [-0.2, 0) is 9.63 Å². The fourth-order valence-corrected chi connectivity index (χ4v) is 1.80. The maximum Gasteiger partial charge on any atom is 0.249 e. The first-order chi connectivity index (χ1) is 5.27. The summed E-state index contributed by atoms with van der Waals surface area (Å²) in [5.41, 5.74) is 8.10. The summed E-state index contributed by atoms with van der Waals surface area (Å²) in [6.07, 6.45) is 2.74. The van der Waals surface area contributed by atoms with Crippen LogP contribution in [0, 0.1) is 5.92 Å². The van der Waals surface area contributed by atoms with Gasteiger partial charge in [0.25, 0.3) is 0 Å². The minimum Gasteiger partial charge on any atom is -0.328 e. The Morgan fingerprint density at radius 1 is 1.55 bits per heavy atom. The molecule has 0 bridgehead atoms. The average molecular weight is 156 g/mol. The van der Waals surface area contributed by atoms with Gasteiger partial charge in [-0.05, 0) is 19.3 Å². The van der Waals surface area contributed by atoms with E-state index in [-0.39, 0.29) is 24.0 Å². The van der Waals surface area contributed by atoms with Gasteiger partial charge in [0.2, 0.25) is 5.91 Å². The van der Waals surface area contributed by atoms with Crippen LogP contribution >= 0.6 is 0 Å². The predicted octanol–water partition coefficient (Wildman–Crippen LogP) is -0.456. The lowest BCUT2D eigenvalue weighted by Crippen LogP contribution is -2.36. The molecule has 1 heterocycles. The lowest BCUT2D eigenvalue weighted by molar-refractivity contribution is -0.126. The Morgan fingerprint density at radius 2 is 2.36 bits per heavy atom. The van der Waals surface area contributed by atoms with E-state index in [0.29, 0.717) is 0 Å². The van der Waals surface area contributed by atoms with E-state index in [1.807, 2.05) is 0 Å². The summed E-state index contributed by atoms with van der Waals surface area (Å²) in [4.78, 5) is 16.1. The Kier molecular flexibility index (Phi) is 1.58. The second-order valence-corrected chi connectivity index (χ2v) is 3.30. The van der Waals surface area contributed by atoms with Gasteiger partial charge in [0.1, 0.15) is 0 Å². The van der Waals surface area contributed by atoms with E-state index in [1.54, 1.807) is 0 Å². The monoisotopic (exact) mass is 156 g/mol. The van der Waals surface area contributed by atoms with Crippen LogP contribution in [0.1, 0.15) is 19.3 Å². The van der Waals surface area contributed by atoms with Crippen molar-refractivity contribution in [1.29, 1.82) is 0 Å². The molecule has 2 aliphatic rings. The molecule has 4 heteroatoms. The maximum atomic E-state index is 11.1. The molecule has 0 spiro atoms. The van der Waals surface area contributed by atoms with Crippen molar-refractivity contribution in [1.82, 2.24) is 5.48 Å². The van der Waals surface area contributed by atoms with Crippen molar-refractivity contribution in [2.24, 2.45) is 11.7 Å². The molecule has 1 amide bonds. The Bertz CT molecular complexity index is 183. The number of amides is 1. The van der Waals surface area contributed by atoms with Crippen molar-refractivity contribution in [3.8, 4) is 0 Å². The van der Waals surface area contributed by atoms with E-state index >= 15 is 0 Å². The van der Waals surface area contributed by atoms with Crippen LogP contribution in [0.15, 0.2) is 0 Å². The average Bonchev–Trinajstić information content (AvgIpc) is 2.33. The fourth-order valence-electron chi connectivity index (χ4n) is 1.80. The fraction of sp³-hybridized carbons (Fsp3) is 0.857. The number of carbonyl (C=O) groups excluding carboxylic acids is 1. The molecule has 1 saturated carbocycles. The smallest absolute Gasteiger partial charge is 0.249 e. The SMILES string of the molecule is NC1CCC2ONC(=O)C2C1. The summed E-state index contributed by atoms with van der Waals surface area (Å²) in [5, 5.41) is 0. The topological polar surface area (TPSA) is 64.3 Å². The van der Waals surface area contributed by atoms with Crippen LogP contribution in [0.4, 0.5) is 0 Å². The Hall–Kier alpha value is -0.610. The summed E-state index contributed by atoms with van der Waals surface area (Å²) >= 11 is 0. The van der Waals surface area contributed by atoms with Gasteiger partial charge in [-0.3, -0.25) is 9.63 Å². The molecule has 0 aromatic rings. The third-order valence-electron chi connectivity index (χ3n) is 2.48. The first-order valence-corrected chi connectivity index (χ1v) is 3.98. The molecule has 62 valence electrons. The van der Waals surface area contributed by atoms with E-state index < -0.39 is 0 Å². The zero-order chi connectivity index (χ0) is 7.84. The van der Waals surface area contributed by atoms with E-state index in [1.165, 1.54) is 0 Å². The van der Waals surface area contributed by atoms with Gasteiger partial charge >= 0.3 is 0 Å². The normalized spacial score (nSPS) is 43.4. The first kappa shape index (κ1) is 7.06. The van der Waals surface area contributed by atoms with Gasteiger partial charge in [-0.15, -0.1) is 0 Å². The van der Waals surface area contributed by atoms with E-state index in [0.717, 1.165) is 19.3 Å². The lowest BCUT2D eigenvalue weighted by atomic mass is 9.84. The second kappa shape index (κ2) is 2.46. The third kappa shape index (κ3) is 1.12. The minimum atomic E-state index is 0.00477. The molecule has 0 aromatic carbocycles. The molecule has 2 fully saturated rings. The van der Waals surface area contributed by atoms with Gasteiger partial charge in [0.05, 0.1) is 12.0 Å². The van der Waals surface area contributed by atoms with Crippen LogP contribution in [0.2, 0.25) is 0 Å². The van der Waals surface area contributed by atoms with Crippen molar-refractivity contribution >= 4 is 5.91 Å². The number of rotatable bonds is 0. The van der Waals surface area contributed by atoms with E-state index in [2.05, 4.69) is 5.48 Å². The van der Waals surface area contributed by atoms with Crippen molar-refractivity contribution < 1.29 is 9.63 Å². The molecule has 1 aliphatic carbocycles. The van der Waals surface area contributed by atoms with Gasteiger partial charge in [0.15, 0.2) is 0 Å². The number of hydrogen-bond acceptors (Lipinski definition) is 3.